The fraction of sp³-hybridized carbons (Fsp3) is 0.0435. The lowest BCUT2D eigenvalue weighted by molar-refractivity contribution is 0.102. The molecule has 0 aliphatic carbocycles. The number of hydrogen-bond donors (Lipinski definition) is 2. The van der Waals surface area contributed by atoms with E-state index in [4.69, 9.17) is 12.2 Å². The highest BCUT2D eigenvalue weighted by atomic mass is 79.9. The number of thiocarbonyl (C=S) groups is 1. The molecule has 1 atom stereocenters. The average molecular weight is 449 g/mol. The number of carbonyl (C=O) groups excluding carboxylic acids is 1. The van der Waals surface area contributed by atoms with E-state index in [0.717, 1.165) is 21.3 Å². The standard InChI is InChI=1S/C23H17BrN2OS/c24-18-13-11-16(12-14-18)21-19(22(27)17-9-5-2-6-10-17)20(25-23(28)26-21)15-7-3-1-4-8-15/h1-14,21H,(H2,25,26,28). The van der Waals surface area contributed by atoms with Crippen molar-refractivity contribution in [1.82, 2.24) is 10.6 Å². The summed E-state index contributed by atoms with van der Waals surface area (Å²) in [6.45, 7) is 0. The molecule has 1 heterocycles. The average Bonchev–Trinajstić information content (AvgIpc) is 2.74. The maximum atomic E-state index is 13.6. The Labute approximate surface area is 177 Å². The first-order chi connectivity index (χ1) is 13.6. The van der Waals surface area contributed by atoms with Gasteiger partial charge in [-0.25, -0.2) is 0 Å². The fourth-order valence-corrected chi connectivity index (χ4v) is 3.78. The summed E-state index contributed by atoms with van der Waals surface area (Å²) < 4.78 is 0.982. The predicted octanol–water partition coefficient (Wildman–Crippen LogP) is 5.26. The van der Waals surface area contributed by atoms with Gasteiger partial charge in [0.25, 0.3) is 0 Å². The zero-order chi connectivity index (χ0) is 19.5. The lowest BCUT2D eigenvalue weighted by atomic mass is 9.87. The minimum absolute atomic E-state index is 0.0325. The van der Waals surface area contributed by atoms with E-state index in [1.54, 1.807) is 0 Å². The van der Waals surface area contributed by atoms with Crippen LogP contribution in [0.4, 0.5) is 0 Å². The molecule has 2 N–H and O–H groups in total. The van der Waals surface area contributed by atoms with Crippen molar-refractivity contribution in [3.63, 3.8) is 0 Å². The molecule has 0 amide bonds. The van der Waals surface area contributed by atoms with Gasteiger partial charge in [0.05, 0.1) is 17.3 Å². The predicted molar refractivity (Wildman–Crippen MR) is 120 cm³/mol. The summed E-state index contributed by atoms with van der Waals surface area (Å²) in [6, 6.07) is 26.7. The van der Waals surface area contributed by atoms with Crippen molar-refractivity contribution in [3.05, 3.63) is 112 Å². The maximum absolute atomic E-state index is 13.6. The molecule has 0 fully saturated rings. The summed E-state index contributed by atoms with van der Waals surface area (Å²) in [4.78, 5) is 13.6. The normalized spacial score (nSPS) is 16.3. The molecule has 1 unspecified atom stereocenters. The highest BCUT2D eigenvalue weighted by Gasteiger charge is 2.32. The molecule has 0 radical (unpaired) electrons. The zero-order valence-electron chi connectivity index (χ0n) is 14.9. The number of ketones is 1. The number of Topliss-reactive ketones (excluding diaryl/α,β-unsaturated/α-hetero) is 1. The van der Waals surface area contributed by atoms with Crippen LogP contribution >= 0.6 is 28.1 Å². The Morgan fingerprint density at radius 2 is 1.46 bits per heavy atom. The highest BCUT2D eigenvalue weighted by molar-refractivity contribution is 9.10. The molecule has 3 nitrogen and oxygen atoms in total. The molecule has 138 valence electrons. The topological polar surface area (TPSA) is 41.1 Å². The molecule has 0 aromatic heterocycles. The zero-order valence-corrected chi connectivity index (χ0v) is 17.3. The Balaban J connectivity index is 1.92. The number of rotatable bonds is 4. The van der Waals surface area contributed by atoms with Crippen LogP contribution in [0.5, 0.6) is 0 Å². The van der Waals surface area contributed by atoms with E-state index in [9.17, 15) is 4.79 Å². The van der Waals surface area contributed by atoms with Crippen LogP contribution < -0.4 is 10.6 Å². The molecular formula is C23H17BrN2OS. The minimum Gasteiger partial charge on any atom is -0.351 e. The molecule has 1 aliphatic rings. The molecule has 0 bridgehead atoms. The van der Waals surface area contributed by atoms with Crippen LogP contribution in [0.25, 0.3) is 5.70 Å². The minimum atomic E-state index is -0.343. The number of benzene rings is 3. The molecular weight excluding hydrogens is 432 g/mol. The third kappa shape index (κ3) is 3.77. The van der Waals surface area contributed by atoms with Gasteiger partial charge in [-0.05, 0) is 35.5 Å². The van der Waals surface area contributed by atoms with Crippen LogP contribution in [0.3, 0.4) is 0 Å². The Morgan fingerprint density at radius 1 is 0.857 bits per heavy atom. The van der Waals surface area contributed by atoms with Gasteiger partial charge in [0.2, 0.25) is 0 Å². The van der Waals surface area contributed by atoms with Crippen LogP contribution in [0.2, 0.25) is 0 Å². The monoisotopic (exact) mass is 448 g/mol. The molecule has 5 heteroatoms. The molecule has 1 aliphatic heterocycles. The van der Waals surface area contributed by atoms with E-state index >= 15 is 0 Å². The molecule has 28 heavy (non-hydrogen) atoms. The van der Waals surface area contributed by atoms with Gasteiger partial charge < -0.3 is 10.6 Å². The van der Waals surface area contributed by atoms with E-state index in [2.05, 4.69) is 26.6 Å². The quantitative estimate of drug-likeness (QED) is 0.421. The van der Waals surface area contributed by atoms with Gasteiger partial charge in [-0.3, -0.25) is 4.79 Å². The first-order valence-electron chi connectivity index (χ1n) is 8.86. The van der Waals surface area contributed by atoms with Gasteiger partial charge in [-0.2, -0.15) is 0 Å². The van der Waals surface area contributed by atoms with Crippen LogP contribution in [0.1, 0.15) is 27.5 Å². The van der Waals surface area contributed by atoms with Gasteiger partial charge in [-0.15, -0.1) is 0 Å². The van der Waals surface area contributed by atoms with Crippen molar-refractivity contribution in [1.29, 1.82) is 0 Å². The van der Waals surface area contributed by atoms with E-state index in [-0.39, 0.29) is 11.8 Å². The van der Waals surface area contributed by atoms with Crippen LogP contribution in [0.15, 0.2) is 95.0 Å². The molecule has 0 saturated heterocycles. The lowest BCUT2D eigenvalue weighted by Crippen LogP contribution is -2.44. The Hall–Kier alpha value is -2.76. The van der Waals surface area contributed by atoms with Crippen molar-refractivity contribution in [2.24, 2.45) is 0 Å². The van der Waals surface area contributed by atoms with Gasteiger partial charge in [0, 0.05) is 10.0 Å². The maximum Gasteiger partial charge on any atom is 0.193 e. The first-order valence-corrected chi connectivity index (χ1v) is 10.1. The molecule has 4 rings (SSSR count). The summed E-state index contributed by atoms with van der Waals surface area (Å²) >= 11 is 8.94. The van der Waals surface area contributed by atoms with E-state index in [0.29, 0.717) is 16.2 Å². The number of hydrogen-bond acceptors (Lipinski definition) is 2. The second-order valence-electron chi connectivity index (χ2n) is 6.43. The second-order valence-corrected chi connectivity index (χ2v) is 7.76. The second kappa shape index (κ2) is 8.09. The van der Waals surface area contributed by atoms with E-state index in [1.807, 2.05) is 84.9 Å². The van der Waals surface area contributed by atoms with Crippen LogP contribution in [-0.2, 0) is 0 Å². The summed E-state index contributed by atoms with van der Waals surface area (Å²) in [5, 5.41) is 6.99. The lowest BCUT2D eigenvalue weighted by Gasteiger charge is -2.32. The molecule has 0 saturated carbocycles. The Bertz CT molecular complexity index is 1050. The van der Waals surface area contributed by atoms with Crippen molar-refractivity contribution in [3.8, 4) is 0 Å². The van der Waals surface area contributed by atoms with Crippen molar-refractivity contribution < 1.29 is 4.79 Å². The summed E-state index contributed by atoms with van der Waals surface area (Å²) in [5.41, 5.74) is 3.93. The molecule has 0 spiro atoms. The van der Waals surface area contributed by atoms with Crippen molar-refractivity contribution in [2.45, 2.75) is 6.04 Å². The van der Waals surface area contributed by atoms with Gasteiger partial charge in [0.1, 0.15) is 0 Å². The third-order valence-corrected chi connectivity index (χ3v) is 5.37. The van der Waals surface area contributed by atoms with E-state index < -0.39 is 0 Å². The smallest absolute Gasteiger partial charge is 0.193 e. The van der Waals surface area contributed by atoms with Gasteiger partial charge in [-0.1, -0.05) is 88.7 Å². The number of carbonyl (C=O) groups is 1. The van der Waals surface area contributed by atoms with Crippen molar-refractivity contribution >= 4 is 44.7 Å². The number of halogens is 1. The van der Waals surface area contributed by atoms with Crippen LogP contribution in [0, 0.1) is 0 Å². The first kappa shape index (κ1) is 18.6. The Morgan fingerprint density at radius 3 is 2.11 bits per heavy atom. The largest absolute Gasteiger partial charge is 0.351 e. The number of nitrogens with one attached hydrogen (secondary N) is 2. The van der Waals surface area contributed by atoms with Crippen LogP contribution in [-0.4, -0.2) is 10.9 Å². The summed E-state index contributed by atoms with van der Waals surface area (Å²) in [7, 11) is 0. The highest BCUT2D eigenvalue weighted by Crippen LogP contribution is 2.33. The van der Waals surface area contributed by atoms with Crippen molar-refractivity contribution in [2.75, 3.05) is 0 Å². The SMILES string of the molecule is O=C(C1=C(c2ccccc2)NC(=S)NC1c1ccc(Br)cc1)c1ccccc1. The van der Waals surface area contributed by atoms with E-state index in [1.165, 1.54) is 0 Å². The molecule has 3 aromatic rings. The fourth-order valence-electron chi connectivity index (χ4n) is 3.29. The third-order valence-electron chi connectivity index (χ3n) is 4.62. The summed E-state index contributed by atoms with van der Waals surface area (Å²) in [5.74, 6) is -0.0325. The Kier molecular flexibility index (Phi) is 5.37. The van der Waals surface area contributed by atoms with Gasteiger partial charge >= 0.3 is 0 Å². The van der Waals surface area contributed by atoms with Gasteiger partial charge in [0.15, 0.2) is 10.9 Å². The molecule has 3 aromatic carbocycles. The summed E-state index contributed by atoms with van der Waals surface area (Å²) in [6.07, 6.45) is 0.